The van der Waals surface area contributed by atoms with E-state index < -0.39 is 5.41 Å². The Labute approximate surface area is 133 Å². The Balaban J connectivity index is 2.19. The van der Waals surface area contributed by atoms with Crippen LogP contribution < -0.4 is 5.32 Å². The normalized spacial score (nSPS) is 12.9. The van der Waals surface area contributed by atoms with Crippen molar-refractivity contribution >= 4 is 5.78 Å². The van der Waals surface area contributed by atoms with Gasteiger partial charge in [-0.05, 0) is 37.1 Å². The van der Waals surface area contributed by atoms with Crippen LogP contribution in [0, 0.1) is 5.41 Å². The van der Waals surface area contributed by atoms with Crippen molar-refractivity contribution in [3.05, 3.63) is 71.3 Å². The molecule has 1 atom stereocenters. The zero-order chi connectivity index (χ0) is 16.2. The summed E-state index contributed by atoms with van der Waals surface area (Å²) in [5.74, 6) is 0.195. The molecule has 0 bridgehead atoms. The van der Waals surface area contributed by atoms with E-state index in [0.29, 0.717) is 0 Å². The molecular formula is C20H25NO. The quantitative estimate of drug-likeness (QED) is 0.867. The van der Waals surface area contributed by atoms with Crippen molar-refractivity contribution in [2.24, 2.45) is 5.41 Å². The van der Waals surface area contributed by atoms with Crippen LogP contribution in [0.2, 0.25) is 0 Å². The maximum absolute atomic E-state index is 11.9. The van der Waals surface area contributed by atoms with Gasteiger partial charge in [0.05, 0.1) is 0 Å². The number of hydrogen-bond acceptors (Lipinski definition) is 2. The molecule has 22 heavy (non-hydrogen) atoms. The second-order valence-corrected chi connectivity index (χ2v) is 6.40. The lowest BCUT2D eigenvalue weighted by molar-refractivity contribution is -0.126. The first-order valence-corrected chi connectivity index (χ1v) is 7.76. The predicted octanol–water partition coefficient (Wildman–Crippen LogP) is 4.15. The third-order valence-electron chi connectivity index (χ3n) is 4.48. The van der Waals surface area contributed by atoms with E-state index in [1.807, 2.05) is 27.0 Å². The number of hydrogen-bond donors (Lipinski definition) is 1. The van der Waals surface area contributed by atoms with Crippen LogP contribution in [0.1, 0.15) is 43.5 Å². The van der Waals surface area contributed by atoms with E-state index in [-0.39, 0.29) is 11.8 Å². The summed E-state index contributed by atoms with van der Waals surface area (Å²) in [5.41, 5.74) is 3.32. The average Bonchev–Trinajstić information content (AvgIpc) is 2.50. The summed E-state index contributed by atoms with van der Waals surface area (Å²) in [4.78, 5) is 11.9. The summed E-state index contributed by atoms with van der Waals surface area (Å²) in [6.45, 7) is 5.65. The predicted molar refractivity (Wildman–Crippen MR) is 92.0 cm³/mol. The summed E-state index contributed by atoms with van der Waals surface area (Å²) in [7, 11) is 1.91. The first kappa shape index (κ1) is 16.4. The molecule has 0 aliphatic rings. The highest BCUT2D eigenvalue weighted by molar-refractivity contribution is 5.82. The largest absolute Gasteiger partial charge is 0.312 e. The van der Waals surface area contributed by atoms with Crippen molar-refractivity contribution in [2.45, 2.75) is 33.2 Å². The minimum atomic E-state index is -0.421. The van der Waals surface area contributed by atoms with E-state index in [9.17, 15) is 4.79 Å². The van der Waals surface area contributed by atoms with E-state index >= 15 is 0 Å². The molecule has 2 aromatic rings. The van der Waals surface area contributed by atoms with Crippen molar-refractivity contribution in [3.63, 3.8) is 0 Å². The second kappa shape index (κ2) is 6.89. The van der Waals surface area contributed by atoms with Gasteiger partial charge in [0.1, 0.15) is 5.78 Å². The molecule has 2 heteroatoms. The minimum Gasteiger partial charge on any atom is -0.312 e. The number of nitrogens with one attached hydrogen (secondary N) is 1. The number of carbonyl (C=O) groups is 1. The molecule has 0 spiro atoms. The monoisotopic (exact) mass is 295 g/mol. The number of rotatable bonds is 6. The van der Waals surface area contributed by atoms with Crippen LogP contribution in [0.5, 0.6) is 0 Å². The fourth-order valence-corrected chi connectivity index (χ4v) is 2.81. The van der Waals surface area contributed by atoms with Gasteiger partial charge in [-0.25, -0.2) is 0 Å². The molecule has 0 heterocycles. The molecule has 0 saturated heterocycles. The Bertz CT molecular complexity index is 614. The van der Waals surface area contributed by atoms with Crippen LogP contribution >= 0.6 is 0 Å². The lowest BCUT2D eigenvalue weighted by Crippen LogP contribution is -2.37. The SMILES string of the molecule is CNC(c1ccc(Cc2ccccc2)cc1)C(C)(C)C(C)=O. The summed E-state index contributed by atoms with van der Waals surface area (Å²) in [6, 6.07) is 19.0. The Hall–Kier alpha value is -1.93. The zero-order valence-electron chi connectivity index (χ0n) is 13.9. The van der Waals surface area contributed by atoms with Gasteiger partial charge in [0.25, 0.3) is 0 Å². The van der Waals surface area contributed by atoms with Gasteiger partial charge in [0, 0.05) is 11.5 Å². The molecule has 1 unspecified atom stereocenters. The first-order valence-electron chi connectivity index (χ1n) is 7.76. The van der Waals surface area contributed by atoms with Crippen LogP contribution in [0.3, 0.4) is 0 Å². The molecule has 0 aromatic heterocycles. The van der Waals surface area contributed by atoms with Gasteiger partial charge in [0.2, 0.25) is 0 Å². The molecule has 0 fully saturated rings. The van der Waals surface area contributed by atoms with Gasteiger partial charge in [-0.1, -0.05) is 68.4 Å². The summed E-state index contributed by atoms with van der Waals surface area (Å²) < 4.78 is 0. The van der Waals surface area contributed by atoms with Gasteiger partial charge in [0.15, 0.2) is 0 Å². The van der Waals surface area contributed by atoms with E-state index in [1.54, 1.807) is 6.92 Å². The van der Waals surface area contributed by atoms with Crippen molar-refractivity contribution in [3.8, 4) is 0 Å². The molecule has 1 N–H and O–H groups in total. The zero-order valence-corrected chi connectivity index (χ0v) is 13.9. The molecular weight excluding hydrogens is 270 g/mol. The van der Waals surface area contributed by atoms with Gasteiger partial charge in [-0.15, -0.1) is 0 Å². The maximum atomic E-state index is 11.9. The second-order valence-electron chi connectivity index (χ2n) is 6.40. The summed E-state index contributed by atoms with van der Waals surface area (Å²) >= 11 is 0. The number of carbonyl (C=O) groups excluding carboxylic acids is 1. The fourth-order valence-electron chi connectivity index (χ4n) is 2.81. The summed E-state index contributed by atoms with van der Waals surface area (Å²) in [5, 5.41) is 3.29. The molecule has 0 aliphatic heterocycles. The standard InChI is InChI=1S/C20H25NO/c1-15(22)20(2,3)19(21-4)18-12-10-17(11-13-18)14-16-8-6-5-7-9-16/h5-13,19,21H,14H2,1-4H3. The molecule has 0 radical (unpaired) electrons. The average molecular weight is 295 g/mol. The van der Waals surface area contributed by atoms with Crippen LogP contribution in [0.4, 0.5) is 0 Å². The Morgan fingerprint density at radius 2 is 1.55 bits per heavy atom. The Morgan fingerprint density at radius 3 is 2.05 bits per heavy atom. The third kappa shape index (κ3) is 3.63. The van der Waals surface area contributed by atoms with Gasteiger partial charge >= 0.3 is 0 Å². The highest BCUT2D eigenvalue weighted by atomic mass is 16.1. The molecule has 2 rings (SSSR count). The van der Waals surface area contributed by atoms with Crippen LogP contribution in [-0.2, 0) is 11.2 Å². The third-order valence-corrected chi connectivity index (χ3v) is 4.48. The first-order chi connectivity index (χ1) is 10.4. The van der Waals surface area contributed by atoms with Crippen molar-refractivity contribution in [2.75, 3.05) is 7.05 Å². The van der Waals surface area contributed by atoms with E-state index in [1.165, 1.54) is 11.1 Å². The lowest BCUT2D eigenvalue weighted by Gasteiger charge is -2.32. The molecule has 2 aromatic carbocycles. The number of Topliss-reactive ketones (excluding diaryl/α,β-unsaturated/α-hetero) is 1. The lowest BCUT2D eigenvalue weighted by atomic mass is 9.77. The molecule has 0 aliphatic carbocycles. The van der Waals surface area contributed by atoms with Gasteiger partial charge < -0.3 is 5.32 Å². The number of ketones is 1. The number of benzene rings is 2. The molecule has 0 amide bonds. The van der Waals surface area contributed by atoms with E-state index in [0.717, 1.165) is 12.0 Å². The molecule has 2 nitrogen and oxygen atoms in total. The fraction of sp³-hybridized carbons (Fsp3) is 0.350. The summed E-state index contributed by atoms with van der Waals surface area (Å²) in [6.07, 6.45) is 0.932. The van der Waals surface area contributed by atoms with E-state index in [4.69, 9.17) is 0 Å². The van der Waals surface area contributed by atoms with Crippen LogP contribution in [0.25, 0.3) is 0 Å². The van der Waals surface area contributed by atoms with Crippen molar-refractivity contribution in [1.29, 1.82) is 0 Å². The Morgan fingerprint density at radius 1 is 1.00 bits per heavy atom. The Kier molecular flexibility index (Phi) is 5.15. The van der Waals surface area contributed by atoms with Crippen molar-refractivity contribution < 1.29 is 4.79 Å². The van der Waals surface area contributed by atoms with Gasteiger partial charge in [-0.3, -0.25) is 4.79 Å². The maximum Gasteiger partial charge on any atom is 0.137 e. The van der Waals surface area contributed by atoms with Crippen molar-refractivity contribution in [1.82, 2.24) is 5.32 Å². The highest BCUT2D eigenvalue weighted by Gasteiger charge is 2.33. The van der Waals surface area contributed by atoms with Gasteiger partial charge in [-0.2, -0.15) is 0 Å². The smallest absolute Gasteiger partial charge is 0.137 e. The van der Waals surface area contributed by atoms with Crippen LogP contribution in [0.15, 0.2) is 54.6 Å². The highest BCUT2D eigenvalue weighted by Crippen LogP contribution is 2.34. The van der Waals surface area contributed by atoms with E-state index in [2.05, 4.69) is 53.8 Å². The molecule has 116 valence electrons. The minimum absolute atomic E-state index is 0.0239. The molecule has 0 saturated carbocycles. The van der Waals surface area contributed by atoms with Crippen LogP contribution in [-0.4, -0.2) is 12.8 Å². The topological polar surface area (TPSA) is 29.1 Å².